The molecule has 0 aliphatic heterocycles. The molecule has 0 nitrogen and oxygen atoms in total. The zero-order valence-electron chi connectivity index (χ0n) is 26.5. The molecule has 3 heteroatoms. The summed E-state index contributed by atoms with van der Waals surface area (Å²) in [6.07, 6.45) is 35.6. The summed E-state index contributed by atoms with van der Waals surface area (Å²) in [6, 6.07) is 22.5. The zero-order valence-corrected chi connectivity index (χ0v) is 30.5. The molecule has 0 N–H and O–H groups in total. The Bertz CT molecular complexity index is 1670. The molecule has 10 atom stereocenters. The number of rotatable bonds is 5. The van der Waals surface area contributed by atoms with Gasteiger partial charge in [-0.15, -0.1) is 0 Å². The summed E-state index contributed by atoms with van der Waals surface area (Å²) in [5.41, 5.74) is 9.52. The van der Waals surface area contributed by atoms with Gasteiger partial charge >= 0.3 is 281 Å². The van der Waals surface area contributed by atoms with E-state index in [0.29, 0.717) is 51.0 Å². The number of allylic oxidation sites excluding steroid dienone is 18. The van der Waals surface area contributed by atoms with Crippen molar-refractivity contribution in [1.82, 2.24) is 0 Å². The van der Waals surface area contributed by atoms with E-state index in [-0.39, 0.29) is 30.2 Å². The molecule has 46 heavy (non-hydrogen) atoms. The van der Waals surface area contributed by atoms with Crippen molar-refractivity contribution in [3.05, 3.63) is 179 Å². The van der Waals surface area contributed by atoms with Crippen molar-refractivity contribution in [1.29, 1.82) is 0 Å². The first-order valence-corrected chi connectivity index (χ1v) is 18.0. The summed E-state index contributed by atoms with van der Waals surface area (Å²) in [7, 11) is 0. The van der Waals surface area contributed by atoms with Crippen LogP contribution in [0.3, 0.4) is 0 Å². The van der Waals surface area contributed by atoms with Gasteiger partial charge in [0.05, 0.1) is 0 Å². The van der Waals surface area contributed by atoms with E-state index in [9.17, 15) is 0 Å². The zero-order chi connectivity index (χ0) is 29.8. The molecule has 0 heterocycles. The van der Waals surface area contributed by atoms with Crippen molar-refractivity contribution in [3.8, 4) is 0 Å². The van der Waals surface area contributed by atoms with Crippen molar-refractivity contribution in [3.63, 3.8) is 0 Å². The summed E-state index contributed by atoms with van der Waals surface area (Å²) in [6.45, 7) is 4.92. The van der Waals surface area contributed by atoms with Gasteiger partial charge in [-0.1, -0.05) is 0 Å². The maximum atomic E-state index is 2.62. The van der Waals surface area contributed by atoms with Gasteiger partial charge in [0, 0.05) is 0 Å². The fourth-order valence-corrected chi connectivity index (χ4v) is 12.3. The molecule has 6 aliphatic carbocycles. The summed E-state index contributed by atoms with van der Waals surface area (Å²) >= 11 is 1.66. The van der Waals surface area contributed by atoms with Crippen LogP contribution in [0.4, 0.5) is 0 Å². The molecule has 6 aliphatic rings. The molecule has 0 saturated heterocycles. The van der Waals surface area contributed by atoms with Crippen LogP contribution in [0.5, 0.6) is 0 Å². The van der Waals surface area contributed by atoms with Crippen LogP contribution in [-0.4, -0.2) is 0 Å². The number of fused-ring (bicyclic) bond motifs is 8. The second kappa shape index (κ2) is 13.6. The molecule has 231 valence electrons. The van der Waals surface area contributed by atoms with Crippen molar-refractivity contribution in [2.24, 2.45) is 40.9 Å². The second-order valence-electron chi connectivity index (χ2n) is 13.7. The number of hydrogen-bond donors (Lipinski definition) is 0. The minimum Gasteiger partial charge on any atom is -1.00 e. The van der Waals surface area contributed by atoms with Crippen molar-refractivity contribution >= 4 is 0 Å². The van der Waals surface area contributed by atoms with E-state index in [0.717, 1.165) is 6.42 Å². The molecular weight excluding hydrogens is 679 g/mol. The topological polar surface area (TPSA) is 0 Å². The van der Waals surface area contributed by atoms with Crippen LogP contribution in [0, 0.1) is 40.9 Å². The number of hydrogen-bond acceptors (Lipinski definition) is 0. The smallest absolute Gasteiger partial charge is 1.00 e. The number of benzene rings is 2. The first-order chi connectivity index (χ1) is 21.6. The molecule has 2 saturated carbocycles. The standard InChI is InChI=1S/C43H41.2ClH.Zr/c1-29(31-16-5-3-6-17-31)40(30(2)32-18-7-4-8-19-32)38-26-15-20-33-28-43(34-21-9-10-22-34)39-27-14-13-24-36(39)35-23-11-12-25-37(35)42(43)41(33)38;;;/h3-21,23-30,35-37,39,41-42H,22H2,1-2H3;2*1H;/q;;;+2/p-2. The SMILES string of the molecule is CC(C(=C1C=CC=C2C1C1C3C=CC=CC3C3C=CC=CC3C1(C1=CC=CC1)[CH]2[Zr+2])C(C)c1ccccc1)c1ccccc1.[Cl-].[Cl-]. The first-order valence-electron chi connectivity index (χ1n) is 16.6. The summed E-state index contributed by atoms with van der Waals surface area (Å²) in [5.74, 6) is 3.69. The van der Waals surface area contributed by atoms with E-state index in [2.05, 4.69) is 160 Å². The van der Waals surface area contributed by atoms with E-state index in [1.54, 1.807) is 47.0 Å². The fourth-order valence-electron chi connectivity index (χ4n) is 10.3. The molecule has 8 rings (SSSR count). The molecule has 2 aromatic carbocycles. The average molecular weight is 720 g/mol. The predicted octanol–water partition coefficient (Wildman–Crippen LogP) is 4.58. The molecular formula is C43H41Cl2Zr. The molecule has 10 unspecified atom stereocenters. The Hall–Kier alpha value is -2.44. The van der Waals surface area contributed by atoms with Gasteiger partial charge < -0.3 is 24.8 Å². The van der Waals surface area contributed by atoms with E-state index in [4.69, 9.17) is 0 Å². The molecule has 0 bridgehead atoms. The molecule has 2 fully saturated rings. The molecule has 0 spiro atoms. The first kappa shape index (κ1) is 33.5. The van der Waals surface area contributed by atoms with Gasteiger partial charge in [-0.05, 0) is 0 Å². The predicted molar refractivity (Wildman–Crippen MR) is 179 cm³/mol. The third-order valence-electron chi connectivity index (χ3n) is 12.0. The fraction of sp³-hybridized carbons (Fsp3) is 0.302. The van der Waals surface area contributed by atoms with Gasteiger partial charge in [0.2, 0.25) is 0 Å². The minimum atomic E-state index is 0. The quantitative estimate of drug-likeness (QED) is 0.425. The monoisotopic (exact) mass is 717 g/mol. The van der Waals surface area contributed by atoms with E-state index >= 15 is 0 Å². The van der Waals surface area contributed by atoms with E-state index in [1.807, 2.05) is 0 Å². The van der Waals surface area contributed by atoms with Crippen molar-refractivity contribution in [2.45, 2.75) is 35.7 Å². The Kier molecular flexibility index (Phi) is 9.88. The molecule has 0 amide bonds. The van der Waals surface area contributed by atoms with E-state index < -0.39 is 0 Å². The minimum absolute atomic E-state index is 0. The van der Waals surface area contributed by atoms with Gasteiger partial charge in [-0.3, -0.25) is 0 Å². The van der Waals surface area contributed by atoms with Crippen molar-refractivity contribution in [2.75, 3.05) is 0 Å². The maximum Gasteiger partial charge on any atom is -1.00 e. The Morgan fingerprint density at radius 1 is 0.696 bits per heavy atom. The Balaban J connectivity index is 0.00000186. The molecule has 0 radical (unpaired) electrons. The van der Waals surface area contributed by atoms with Crippen LogP contribution in [0.15, 0.2) is 168 Å². The van der Waals surface area contributed by atoms with Gasteiger partial charge in [0.15, 0.2) is 0 Å². The van der Waals surface area contributed by atoms with Crippen LogP contribution >= 0.6 is 0 Å². The maximum absolute atomic E-state index is 2.62. The van der Waals surface area contributed by atoms with Crippen LogP contribution in [0.25, 0.3) is 0 Å². The Morgan fingerprint density at radius 2 is 1.28 bits per heavy atom. The van der Waals surface area contributed by atoms with E-state index in [1.165, 1.54) is 11.1 Å². The van der Waals surface area contributed by atoms with Gasteiger partial charge in [0.1, 0.15) is 0 Å². The second-order valence-corrected chi connectivity index (χ2v) is 15.1. The largest absolute Gasteiger partial charge is 1.00 e. The molecule has 0 aromatic heterocycles. The van der Waals surface area contributed by atoms with Crippen LogP contribution in [-0.2, 0) is 24.7 Å². The summed E-state index contributed by atoms with van der Waals surface area (Å²) in [5, 5.41) is 0. The van der Waals surface area contributed by atoms with Gasteiger partial charge in [-0.2, -0.15) is 0 Å². The molecule has 2 aromatic rings. The third-order valence-corrected chi connectivity index (χ3v) is 14.0. The van der Waals surface area contributed by atoms with Gasteiger partial charge in [-0.25, -0.2) is 0 Å². The van der Waals surface area contributed by atoms with Crippen molar-refractivity contribution < 1.29 is 49.5 Å². The van der Waals surface area contributed by atoms with Crippen LogP contribution in [0.2, 0.25) is 3.63 Å². The number of halogens is 2. The average Bonchev–Trinajstić information content (AvgIpc) is 3.72. The Labute approximate surface area is 303 Å². The van der Waals surface area contributed by atoms with Crippen LogP contribution < -0.4 is 24.8 Å². The summed E-state index contributed by atoms with van der Waals surface area (Å²) in [4.78, 5) is 0. The normalized spacial score (nSPS) is 33.8. The van der Waals surface area contributed by atoms with Gasteiger partial charge in [0.25, 0.3) is 0 Å². The Morgan fingerprint density at radius 3 is 1.89 bits per heavy atom. The third kappa shape index (κ3) is 5.03. The summed E-state index contributed by atoms with van der Waals surface area (Å²) < 4.78 is 0.556. The van der Waals surface area contributed by atoms with Crippen LogP contribution in [0.1, 0.15) is 43.2 Å².